The Morgan fingerprint density at radius 3 is 2.28 bits per heavy atom. The van der Waals surface area contributed by atoms with Crippen molar-refractivity contribution < 1.29 is 14.3 Å². The highest BCUT2D eigenvalue weighted by Crippen LogP contribution is 2.25. The number of benzene rings is 2. The molecule has 1 saturated heterocycles. The molecule has 0 aliphatic carbocycles. The molecule has 3 aromatic rings. The first-order valence-electron chi connectivity index (χ1n) is 10.7. The van der Waals surface area contributed by atoms with Gasteiger partial charge in [-0.3, -0.25) is 9.59 Å². The van der Waals surface area contributed by atoms with E-state index in [-0.39, 0.29) is 17.9 Å². The highest BCUT2D eigenvalue weighted by Gasteiger charge is 2.26. The van der Waals surface area contributed by atoms with Crippen LogP contribution in [0, 0.1) is 6.92 Å². The van der Waals surface area contributed by atoms with E-state index in [2.05, 4.69) is 15.5 Å². The molecule has 1 aliphatic heterocycles. The zero-order valence-corrected chi connectivity index (χ0v) is 18.2. The maximum atomic E-state index is 13.3. The van der Waals surface area contributed by atoms with Crippen LogP contribution in [-0.4, -0.2) is 53.2 Å². The van der Waals surface area contributed by atoms with Crippen LogP contribution < -0.4 is 10.1 Å². The Morgan fingerprint density at radius 1 is 0.938 bits per heavy atom. The molecule has 0 bridgehead atoms. The van der Waals surface area contributed by atoms with Crippen molar-refractivity contribution in [1.82, 2.24) is 20.4 Å². The Hall–Kier alpha value is -3.74. The van der Waals surface area contributed by atoms with Crippen LogP contribution in [0.15, 0.2) is 60.7 Å². The molecular weight excluding hydrogens is 404 g/mol. The molecule has 4 rings (SSSR count). The number of methoxy groups -OCH3 is 1. The third-order valence-corrected chi connectivity index (χ3v) is 5.79. The number of nitrogens with one attached hydrogen (secondary N) is 1. The SMILES string of the molecule is COc1ccc(-c2ccccc2C(=O)N2CCC(NC(=O)c3ccccc3C)CC2)nn1. The van der Waals surface area contributed by atoms with E-state index in [0.717, 1.165) is 11.1 Å². The molecule has 164 valence electrons. The van der Waals surface area contributed by atoms with Gasteiger partial charge in [-0.1, -0.05) is 36.4 Å². The number of ether oxygens (including phenoxy) is 1. The fraction of sp³-hybridized carbons (Fsp3) is 0.280. The van der Waals surface area contributed by atoms with Crippen LogP contribution in [0.4, 0.5) is 0 Å². The average Bonchev–Trinajstić information content (AvgIpc) is 2.84. The average molecular weight is 431 g/mol. The van der Waals surface area contributed by atoms with E-state index in [1.165, 1.54) is 7.11 Å². The summed E-state index contributed by atoms with van der Waals surface area (Å²) in [4.78, 5) is 27.7. The van der Waals surface area contributed by atoms with Gasteiger partial charge in [0.15, 0.2) is 0 Å². The molecule has 0 saturated carbocycles. The number of hydrogen-bond donors (Lipinski definition) is 1. The molecule has 1 aromatic heterocycles. The zero-order valence-electron chi connectivity index (χ0n) is 18.2. The highest BCUT2D eigenvalue weighted by molar-refractivity contribution is 6.00. The molecular formula is C25H26N4O3. The maximum absolute atomic E-state index is 13.3. The Labute approximate surface area is 187 Å². The maximum Gasteiger partial charge on any atom is 0.254 e. The second kappa shape index (κ2) is 9.60. The van der Waals surface area contributed by atoms with Gasteiger partial charge in [0.05, 0.1) is 12.8 Å². The number of carbonyl (C=O) groups excluding carboxylic acids is 2. The third kappa shape index (κ3) is 4.61. The molecule has 0 atom stereocenters. The van der Waals surface area contributed by atoms with E-state index in [0.29, 0.717) is 48.6 Å². The van der Waals surface area contributed by atoms with Gasteiger partial charge in [0, 0.05) is 41.9 Å². The smallest absolute Gasteiger partial charge is 0.254 e. The second-order valence-corrected chi connectivity index (χ2v) is 7.86. The number of piperidine rings is 1. The minimum Gasteiger partial charge on any atom is -0.480 e. The van der Waals surface area contributed by atoms with Gasteiger partial charge in [-0.2, -0.15) is 0 Å². The van der Waals surface area contributed by atoms with Crippen molar-refractivity contribution in [2.24, 2.45) is 0 Å². The number of carbonyl (C=O) groups is 2. The minimum absolute atomic E-state index is 0.0399. The van der Waals surface area contributed by atoms with Crippen LogP contribution in [-0.2, 0) is 0 Å². The van der Waals surface area contributed by atoms with Gasteiger partial charge in [0.1, 0.15) is 0 Å². The molecule has 0 spiro atoms. The molecule has 0 unspecified atom stereocenters. The van der Waals surface area contributed by atoms with Crippen molar-refractivity contribution in [2.45, 2.75) is 25.8 Å². The van der Waals surface area contributed by atoms with Gasteiger partial charge in [0.25, 0.3) is 11.8 Å². The summed E-state index contributed by atoms with van der Waals surface area (Å²) < 4.78 is 5.07. The lowest BCUT2D eigenvalue weighted by Gasteiger charge is -2.33. The van der Waals surface area contributed by atoms with Gasteiger partial charge in [0.2, 0.25) is 5.88 Å². The second-order valence-electron chi connectivity index (χ2n) is 7.86. The predicted molar refractivity (Wildman–Crippen MR) is 122 cm³/mol. The van der Waals surface area contributed by atoms with Crippen molar-refractivity contribution in [3.63, 3.8) is 0 Å². The van der Waals surface area contributed by atoms with Gasteiger partial charge in [-0.15, -0.1) is 10.2 Å². The number of hydrogen-bond acceptors (Lipinski definition) is 5. The number of aromatic nitrogens is 2. The molecule has 1 fully saturated rings. The Morgan fingerprint density at radius 2 is 1.62 bits per heavy atom. The Balaban J connectivity index is 1.42. The Bertz CT molecular complexity index is 1110. The van der Waals surface area contributed by atoms with Crippen LogP contribution in [0.3, 0.4) is 0 Å². The minimum atomic E-state index is -0.0590. The summed E-state index contributed by atoms with van der Waals surface area (Å²) >= 11 is 0. The van der Waals surface area contributed by atoms with Crippen molar-refractivity contribution >= 4 is 11.8 Å². The van der Waals surface area contributed by atoms with Crippen molar-refractivity contribution in [2.75, 3.05) is 20.2 Å². The van der Waals surface area contributed by atoms with Crippen molar-refractivity contribution in [3.8, 4) is 17.1 Å². The first kappa shape index (κ1) is 21.5. The fourth-order valence-corrected chi connectivity index (χ4v) is 3.95. The summed E-state index contributed by atoms with van der Waals surface area (Å²) in [6.45, 7) is 3.10. The largest absolute Gasteiger partial charge is 0.480 e. The standard InChI is InChI=1S/C25H26N4O3/c1-17-7-3-4-8-19(17)24(30)26-18-13-15-29(16-14-18)25(31)21-10-6-5-9-20(21)22-11-12-23(32-2)28-27-22/h3-12,18H,13-16H2,1-2H3,(H,26,30). The molecule has 1 N–H and O–H groups in total. The quantitative estimate of drug-likeness (QED) is 0.670. The molecule has 7 heteroatoms. The monoisotopic (exact) mass is 430 g/mol. The lowest BCUT2D eigenvalue weighted by atomic mass is 9.99. The molecule has 0 radical (unpaired) electrons. The number of likely N-dealkylation sites (tertiary alicyclic amines) is 1. The van der Waals surface area contributed by atoms with E-state index in [9.17, 15) is 9.59 Å². The first-order chi connectivity index (χ1) is 15.6. The lowest BCUT2D eigenvalue weighted by Crippen LogP contribution is -2.46. The third-order valence-electron chi connectivity index (χ3n) is 5.79. The molecule has 2 aromatic carbocycles. The molecule has 2 amide bonds. The summed E-state index contributed by atoms with van der Waals surface area (Å²) in [7, 11) is 1.54. The number of nitrogens with zero attached hydrogens (tertiary/aromatic N) is 3. The van der Waals surface area contributed by atoms with E-state index >= 15 is 0 Å². The summed E-state index contributed by atoms with van der Waals surface area (Å²) in [5.41, 5.74) is 3.60. The van der Waals surface area contributed by atoms with Crippen molar-refractivity contribution in [1.29, 1.82) is 0 Å². The van der Waals surface area contributed by atoms with E-state index in [1.807, 2.05) is 60.4 Å². The molecule has 7 nitrogen and oxygen atoms in total. The van der Waals surface area contributed by atoms with E-state index < -0.39 is 0 Å². The first-order valence-corrected chi connectivity index (χ1v) is 10.7. The fourth-order valence-electron chi connectivity index (χ4n) is 3.95. The molecule has 32 heavy (non-hydrogen) atoms. The van der Waals surface area contributed by atoms with Crippen molar-refractivity contribution in [3.05, 3.63) is 77.4 Å². The zero-order chi connectivity index (χ0) is 22.5. The van der Waals surface area contributed by atoms with Gasteiger partial charge >= 0.3 is 0 Å². The lowest BCUT2D eigenvalue weighted by molar-refractivity contribution is 0.0699. The summed E-state index contributed by atoms with van der Waals surface area (Å²) in [6, 6.07) is 18.6. The Kier molecular flexibility index (Phi) is 6.44. The summed E-state index contributed by atoms with van der Waals surface area (Å²) in [5, 5.41) is 11.3. The topological polar surface area (TPSA) is 84.4 Å². The van der Waals surface area contributed by atoms with E-state index in [1.54, 1.807) is 12.1 Å². The van der Waals surface area contributed by atoms with Crippen LogP contribution in [0.5, 0.6) is 5.88 Å². The number of rotatable bonds is 5. The molecule has 2 heterocycles. The van der Waals surface area contributed by atoms with Gasteiger partial charge < -0.3 is 15.0 Å². The van der Waals surface area contributed by atoms with Crippen LogP contribution in [0.25, 0.3) is 11.3 Å². The van der Waals surface area contributed by atoms with Gasteiger partial charge in [-0.25, -0.2) is 0 Å². The van der Waals surface area contributed by atoms with Crippen LogP contribution in [0.2, 0.25) is 0 Å². The van der Waals surface area contributed by atoms with Gasteiger partial charge in [-0.05, 0) is 43.5 Å². The summed E-state index contributed by atoms with van der Waals surface area (Å²) in [6.07, 6.45) is 1.43. The van der Waals surface area contributed by atoms with Crippen LogP contribution >= 0.6 is 0 Å². The molecule has 1 aliphatic rings. The van der Waals surface area contributed by atoms with Crippen LogP contribution in [0.1, 0.15) is 39.1 Å². The van der Waals surface area contributed by atoms with E-state index in [4.69, 9.17) is 4.74 Å². The number of amides is 2. The number of aryl methyl sites for hydroxylation is 1. The normalized spacial score (nSPS) is 14.1. The predicted octanol–water partition coefficient (Wildman–Crippen LogP) is 3.50. The summed E-state index contributed by atoms with van der Waals surface area (Å²) in [5.74, 6) is 0.325. The highest BCUT2D eigenvalue weighted by atomic mass is 16.5.